The van der Waals surface area contributed by atoms with E-state index in [9.17, 15) is 0 Å². The average molecular weight is 178 g/mol. The van der Waals surface area contributed by atoms with Crippen molar-refractivity contribution in [2.75, 3.05) is 4.90 Å². The molecule has 0 unspecified atom stereocenters. The fourth-order valence-electron chi connectivity index (χ4n) is 1.16. The number of nitrogens with two attached hydrogens (primary N) is 1. The van der Waals surface area contributed by atoms with Gasteiger partial charge in [0.05, 0.1) is 0 Å². The number of anilines is 1. The highest BCUT2D eigenvalue weighted by Gasteiger charge is 2.15. The minimum Gasteiger partial charge on any atom is -0.322 e. The molecule has 0 spiro atoms. The van der Waals surface area contributed by atoms with Crippen LogP contribution in [0.5, 0.6) is 0 Å². The Labute approximate surface area is 76.1 Å². The maximum atomic E-state index is 5.84. The topological polar surface area (TPSA) is 29.3 Å². The standard InChI is InChI=1S/C9H10N2S/c10-9-11(6-7-12-9)8-4-2-1-3-5-8/h1-7,9H,10H2/t9-/m0/s1. The number of hydrogen-bond acceptors (Lipinski definition) is 3. The van der Waals surface area contributed by atoms with Crippen LogP contribution in [0.3, 0.4) is 0 Å². The molecule has 2 rings (SSSR count). The molecule has 3 heteroatoms. The van der Waals surface area contributed by atoms with Crippen molar-refractivity contribution in [2.24, 2.45) is 5.73 Å². The first-order chi connectivity index (χ1) is 5.88. The van der Waals surface area contributed by atoms with E-state index in [4.69, 9.17) is 5.73 Å². The van der Waals surface area contributed by atoms with Gasteiger partial charge in [-0.2, -0.15) is 0 Å². The second-order valence-corrected chi connectivity index (χ2v) is 3.58. The van der Waals surface area contributed by atoms with Crippen LogP contribution < -0.4 is 10.6 Å². The summed E-state index contributed by atoms with van der Waals surface area (Å²) < 4.78 is 0. The van der Waals surface area contributed by atoms with Crippen molar-refractivity contribution in [1.29, 1.82) is 0 Å². The molecule has 0 bridgehead atoms. The number of benzene rings is 1. The van der Waals surface area contributed by atoms with Crippen LogP contribution in [0.4, 0.5) is 5.69 Å². The van der Waals surface area contributed by atoms with Crippen LogP contribution in [-0.4, -0.2) is 5.50 Å². The van der Waals surface area contributed by atoms with Gasteiger partial charge in [0.25, 0.3) is 0 Å². The van der Waals surface area contributed by atoms with Gasteiger partial charge in [-0.1, -0.05) is 30.0 Å². The second kappa shape index (κ2) is 3.21. The molecule has 0 saturated carbocycles. The summed E-state index contributed by atoms with van der Waals surface area (Å²) in [7, 11) is 0. The molecule has 1 heterocycles. The predicted molar refractivity (Wildman–Crippen MR) is 53.6 cm³/mol. The maximum Gasteiger partial charge on any atom is 0.133 e. The third-order valence-electron chi connectivity index (χ3n) is 1.77. The van der Waals surface area contributed by atoms with Crippen molar-refractivity contribution in [3.63, 3.8) is 0 Å². The first-order valence-corrected chi connectivity index (χ1v) is 4.73. The highest BCUT2D eigenvalue weighted by molar-refractivity contribution is 8.03. The van der Waals surface area contributed by atoms with Crippen LogP contribution >= 0.6 is 11.8 Å². The first-order valence-electron chi connectivity index (χ1n) is 3.79. The van der Waals surface area contributed by atoms with Gasteiger partial charge in [-0.15, -0.1) is 0 Å². The van der Waals surface area contributed by atoms with Gasteiger partial charge in [0, 0.05) is 11.9 Å². The molecule has 2 N–H and O–H groups in total. The van der Waals surface area contributed by atoms with Gasteiger partial charge in [0.2, 0.25) is 0 Å². The Bertz CT molecular complexity index is 284. The van der Waals surface area contributed by atoms with Gasteiger partial charge in [-0.25, -0.2) is 0 Å². The highest BCUT2D eigenvalue weighted by Crippen LogP contribution is 2.26. The first kappa shape index (κ1) is 7.71. The summed E-state index contributed by atoms with van der Waals surface area (Å²) in [5.74, 6) is 0. The zero-order valence-electron chi connectivity index (χ0n) is 6.55. The van der Waals surface area contributed by atoms with Crippen LogP contribution in [0.2, 0.25) is 0 Å². The highest BCUT2D eigenvalue weighted by atomic mass is 32.2. The Hall–Kier alpha value is -0.930. The molecule has 0 aromatic heterocycles. The van der Waals surface area contributed by atoms with E-state index in [0.717, 1.165) is 5.69 Å². The third-order valence-corrected chi connectivity index (χ3v) is 2.55. The largest absolute Gasteiger partial charge is 0.322 e. The molecule has 12 heavy (non-hydrogen) atoms. The van der Waals surface area contributed by atoms with E-state index in [-0.39, 0.29) is 5.50 Å². The van der Waals surface area contributed by atoms with Crippen molar-refractivity contribution in [3.05, 3.63) is 41.9 Å². The Morgan fingerprint density at radius 3 is 2.58 bits per heavy atom. The van der Waals surface area contributed by atoms with E-state index >= 15 is 0 Å². The molecule has 62 valence electrons. The lowest BCUT2D eigenvalue weighted by molar-refractivity contribution is 0.926. The molecule has 1 aromatic rings. The molecule has 1 aromatic carbocycles. The normalized spacial score (nSPS) is 21.8. The lowest BCUT2D eigenvalue weighted by Crippen LogP contribution is -2.31. The summed E-state index contributed by atoms with van der Waals surface area (Å²) in [4.78, 5) is 2.05. The summed E-state index contributed by atoms with van der Waals surface area (Å²) >= 11 is 1.62. The third kappa shape index (κ3) is 1.33. The average Bonchev–Trinajstić information content (AvgIpc) is 2.53. The Balaban J connectivity index is 2.25. The summed E-state index contributed by atoms with van der Waals surface area (Å²) in [5.41, 5.74) is 7.02. The SMILES string of the molecule is N[C@@H]1SC=CN1c1ccccc1. The van der Waals surface area contributed by atoms with Gasteiger partial charge >= 0.3 is 0 Å². The molecule has 1 aliphatic rings. The number of thioether (sulfide) groups is 1. The molecule has 0 saturated heterocycles. The second-order valence-electron chi connectivity index (χ2n) is 2.55. The van der Waals surface area contributed by atoms with Crippen molar-refractivity contribution in [3.8, 4) is 0 Å². The molecular weight excluding hydrogens is 168 g/mol. The summed E-state index contributed by atoms with van der Waals surface area (Å²) in [6.45, 7) is 0. The molecule has 0 radical (unpaired) electrons. The number of nitrogens with zero attached hydrogens (tertiary/aromatic N) is 1. The molecule has 0 aliphatic carbocycles. The van der Waals surface area contributed by atoms with Gasteiger partial charge in [-0.3, -0.25) is 0 Å². The van der Waals surface area contributed by atoms with E-state index in [0.29, 0.717) is 0 Å². The van der Waals surface area contributed by atoms with Gasteiger partial charge in [-0.05, 0) is 17.5 Å². The van der Waals surface area contributed by atoms with Crippen LogP contribution in [-0.2, 0) is 0 Å². The van der Waals surface area contributed by atoms with Crippen LogP contribution in [0.15, 0.2) is 41.9 Å². The predicted octanol–water partition coefficient (Wildman–Crippen LogP) is 1.95. The fourth-order valence-corrected chi connectivity index (χ4v) is 1.85. The Morgan fingerprint density at radius 1 is 1.25 bits per heavy atom. The van der Waals surface area contributed by atoms with Crippen molar-refractivity contribution in [1.82, 2.24) is 0 Å². The smallest absolute Gasteiger partial charge is 0.133 e. The lowest BCUT2D eigenvalue weighted by atomic mass is 10.3. The van der Waals surface area contributed by atoms with Gasteiger partial charge < -0.3 is 10.6 Å². The molecule has 1 aliphatic heterocycles. The summed E-state index contributed by atoms with van der Waals surface area (Å²) in [6, 6.07) is 10.1. The zero-order chi connectivity index (χ0) is 8.39. The van der Waals surface area contributed by atoms with Crippen molar-refractivity contribution < 1.29 is 0 Å². The van der Waals surface area contributed by atoms with E-state index in [2.05, 4.69) is 12.1 Å². The van der Waals surface area contributed by atoms with Gasteiger partial charge in [0.15, 0.2) is 0 Å². The zero-order valence-corrected chi connectivity index (χ0v) is 7.37. The lowest BCUT2D eigenvalue weighted by Gasteiger charge is -2.20. The van der Waals surface area contributed by atoms with E-state index < -0.39 is 0 Å². The van der Waals surface area contributed by atoms with Crippen LogP contribution in [0, 0.1) is 0 Å². The molecular formula is C9H10N2S. The molecule has 1 atom stereocenters. The minimum absolute atomic E-state index is 0.0346. The maximum absolute atomic E-state index is 5.84. The van der Waals surface area contributed by atoms with Crippen LogP contribution in [0.25, 0.3) is 0 Å². The van der Waals surface area contributed by atoms with E-state index in [1.165, 1.54) is 0 Å². The Kier molecular flexibility index (Phi) is 2.06. The van der Waals surface area contributed by atoms with Crippen LogP contribution in [0.1, 0.15) is 0 Å². The van der Waals surface area contributed by atoms with Crippen molar-refractivity contribution >= 4 is 17.4 Å². The monoisotopic (exact) mass is 178 g/mol. The number of hydrogen-bond donors (Lipinski definition) is 1. The van der Waals surface area contributed by atoms with Gasteiger partial charge in [0.1, 0.15) is 5.50 Å². The van der Waals surface area contributed by atoms with Crippen molar-refractivity contribution in [2.45, 2.75) is 5.50 Å². The van der Waals surface area contributed by atoms with E-state index in [1.54, 1.807) is 11.8 Å². The number of rotatable bonds is 1. The van der Waals surface area contributed by atoms with E-state index in [1.807, 2.05) is 34.7 Å². The quantitative estimate of drug-likeness (QED) is 0.712. The summed E-state index contributed by atoms with van der Waals surface area (Å²) in [6.07, 6.45) is 2.00. The minimum atomic E-state index is 0.0346. The summed E-state index contributed by atoms with van der Waals surface area (Å²) in [5, 5.41) is 2.01. The molecule has 0 amide bonds. The molecule has 0 fully saturated rings. The fraction of sp³-hybridized carbons (Fsp3) is 0.111. The molecule has 2 nitrogen and oxygen atoms in total. The Morgan fingerprint density at radius 2 is 2.00 bits per heavy atom. The number of para-hydroxylation sites is 1.